The molecule has 102 valence electrons. The number of halogens is 1. The molecule has 2 rings (SSSR count). The molecule has 1 aromatic heterocycles. The lowest BCUT2D eigenvalue weighted by atomic mass is 10.2. The molecule has 0 aliphatic heterocycles. The zero-order valence-electron chi connectivity index (χ0n) is 11.4. The van der Waals surface area contributed by atoms with Crippen molar-refractivity contribution in [3.8, 4) is 0 Å². The van der Waals surface area contributed by atoms with Gasteiger partial charge in [-0.05, 0) is 30.2 Å². The number of hydrogen-bond donors (Lipinski definition) is 1. The minimum atomic E-state index is 0.666. The highest BCUT2D eigenvalue weighted by Crippen LogP contribution is 2.17. The highest BCUT2D eigenvalue weighted by Gasteiger charge is 2.05. The van der Waals surface area contributed by atoms with Crippen molar-refractivity contribution in [3.63, 3.8) is 0 Å². The normalized spacial score (nSPS) is 11.2. The summed E-state index contributed by atoms with van der Waals surface area (Å²) >= 11 is 3.58. The molecule has 19 heavy (non-hydrogen) atoms. The molecule has 0 atom stereocenters. The van der Waals surface area contributed by atoms with Gasteiger partial charge in [0.15, 0.2) is 0 Å². The molecule has 0 bridgehead atoms. The molecule has 0 unspecified atom stereocenters. The molecule has 0 saturated carbocycles. The van der Waals surface area contributed by atoms with Gasteiger partial charge in [0.05, 0.1) is 12.2 Å². The first kappa shape index (κ1) is 14.3. The molecule has 1 heterocycles. The quantitative estimate of drug-likeness (QED) is 0.883. The van der Waals surface area contributed by atoms with Gasteiger partial charge in [-0.25, -0.2) is 0 Å². The third-order valence-corrected chi connectivity index (χ3v) is 3.71. The van der Waals surface area contributed by atoms with Crippen molar-refractivity contribution in [3.05, 3.63) is 52.3 Å². The summed E-state index contributed by atoms with van der Waals surface area (Å²) < 4.78 is 3.18. The summed E-state index contributed by atoms with van der Waals surface area (Å²) in [6.07, 6.45) is 1.86. The Morgan fingerprint density at radius 1 is 1.26 bits per heavy atom. The second-order valence-electron chi connectivity index (χ2n) is 5.10. The van der Waals surface area contributed by atoms with Gasteiger partial charge in [0.25, 0.3) is 0 Å². The van der Waals surface area contributed by atoms with Gasteiger partial charge in [0.2, 0.25) is 0 Å². The van der Waals surface area contributed by atoms with Crippen molar-refractivity contribution in [2.75, 3.05) is 6.54 Å². The molecule has 3 nitrogen and oxygen atoms in total. The molecular formula is C15H20BrN3. The first-order valence-electron chi connectivity index (χ1n) is 6.61. The molecular weight excluding hydrogens is 302 g/mol. The third kappa shape index (κ3) is 4.18. The van der Waals surface area contributed by atoms with E-state index in [0.29, 0.717) is 5.92 Å². The Labute approximate surface area is 123 Å². The zero-order valence-corrected chi connectivity index (χ0v) is 13.0. The maximum Gasteiger partial charge on any atom is 0.0674 e. The highest BCUT2D eigenvalue weighted by atomic mass is 79.9. The maximum absolute atomic E-state index is 4.41. The lowest BCUT2D eigenvalue weighted by Gasteiger charge is -2.11. The molecule has 0 spiro atoms. The van der Waals surface area contributed by atoms with Crippen LogP contribution < -0.4 is 5.32 Å². The van der Waals surface area contributed by atoms with Crippen molar-refractivity contribution in [1.29, 1.82) is 0 Å². The fourth-order valence-corrected chi connectivity index (χ4v) is 2.34. The minimum Gasteiger partial charge on any atom is -0.311 e. The van der Waals surface area contributed by atoms with E-state index in [-0.39, 0.29) is 0 Å². The van der Waals surface area contributed by atoms with Gasteiger partial charge in [0.1, 0.15) is 0 Å². The number of aromatic nitrogens is 2. The van der Waals surface area contributed by atoms with Crippen molar-refractivity contribution in [1.82, 2.24) is 15.1 Å². The Morgan fingerprint density at radius 3 is 2.79 bits per heavy atom. The Kier molecular flexibility index (Phi) is 5.16. The molecule has 0 radical (unpaired) electrons. The molecule has 0 saturated heterocycles. The topological polar surface area (TPSA) is 29.9 Å². The molecule has 1 aromatic carbocycles. The van der Waals surface area contributed by atoms with E-state index in [0.717, 1.165) is 24.1 Å². The Bertz CT molecular complexity index is 520. The predicted octanol–water partition coefficient (Wildman–Crippen LogP) is 3.44. The van der Waals surface area contributed by atoms with Gasteiger partial charge in [0, 0.05) is 17.2 Å². The van der Waals surface area contributed by atoms with E-state index in [2.05, 4.69) is 64.5 Å². The van der Waals surface area contributed by atoms with Gasteiger partial charge in [-0.15, -0.1) is 0 Å². The molecule has 4 heteroatoms. The predicted molar refractivity (Wildman–Crippen MR) is 82.0 cm³/mol. The van der Waals surface area contributed by atoms with E-state index in [9.17, 15) is 0 Å². The van der Waals surface area contributed by atoms with Crippen LogP contribution in [-0.2, 0) is 13.1 Å². The first-order chi connectivity index (χ1) is 9.16. The maximum atomic E-state index is 4.41. The second kappa shape index (κ2) is 6.87. The Morgan fingerprint density at radius 2 is 2.05 bits per heavy atom. The third-order valence-electron chi connectivity index (χ3n) is 2.94. The average molecular weight is 322 g/mol. The summed E-state index contributed by atoms with van der Waals surface area (Å²) in [6.45, 7) is 7.12. The fraction of sp³-hybridized carbons (Fsp3) is 0.400. The van der Waals surface area contributed by atoms with E-state index in [1.165, 1.54) is 11.3 Å². The van der Waals surface area contributed by atoms with Crippen LogP contribution in [-0.4, -0.2) is 16.3 Å². The number of benzene rings is 1. The Hall–Kier alpha value is -1.13. The van der Waals surface area contributed by atoms with Crippen molar-refractivity contribution in [2.24, 2.45) is 5.92 Å². The fourth-order valence-electron chi connectivity index (χ4n) is 1.93. The largest absolute Gasteiger partial charge is 0.311 e. The van der Waals surface area contributed by atoms with Crippen LogP contribution in [0, 0.1) is 5.92 Å². The summed E-state index contributed by atoms with van der Waals surface area (Å²) in [5, 5.41) is 7.86. The Balaban J connectivity index is 2.01. The average Bonchev–Trinajstić information content (AvgIpc) is 2.79. The van der Waals surface area contributed by atoms with Crippen molar-refractivity contribution in [2.45, 2.75) is 26.9 Å². The van der Waals surface area contributed by atoms with E-state index in [1.807, 2.05) is 16.9 Å². The summed E-state index contributed by atoms with van der Waals surface area (Å²) in [5.74, 6) is 0.666. The van der Waals surface area contributed by atoms with Crippen LogP contribution in [0.3, 0.4) is 0 Å². The minimum absolute atomic E-state index is 0.666. The summed E-state index contributed by atoms with van der Waals surface area (Å²) in [6, 6.07) is 10.3. The number of hydrogen-bond acceptors (Lipinski definition) is 2. The van der Waals surface area contributed by atoms with E-state index < -0.39 is 0 Å². The molecule has 1 N–H and O–H groups in total. The number of nitrogens with one attached hydrogen (secondary N) is 1. The van der Waals surface area contributed by atoms with Crippen molar-refractivity contribution < 1.29 is 0 Å². The smallest absolute Gasteiger partial charge is 0.0674 e. The van der Waals surface area contributed by atoms with Crippen LogP contribution in [0.2, 0.25) is 0 Å². The van der Waals surface area contributed by atoms with Gasteiger partial charge >= 0.3 is 0 Å². The zero-order chi connectivity index (χ0) is 13.7. The van der Waals surface area contributed by atoms with Crippen LogP contribution >= 0.6 is 15.9 Å². The van der Waals surface area contributed by atoms with E-state index >= 15 is 0 Å². The van der Waals surface area contributed by atoms with Crippen LogP contribution in [0.25, 0.3) is 0 Å². The monoisotopic (exact) mass is 321 g/mol. The summed E-state index contributed by atoms with van der Waals surface area (Å²) in [5.41, 5.74) is 2.47. The van der Waals surface area contributed by atoms with Gasteiger partial charge in [-0.2, -0.15) is 5.10 Å². The van der Waals surface area contributed by atoms with Crippen LogP contribution in [0.1, 0.15) is 25.1 Å². The molecule has 0 aliphatic carbocycles. The second-order valence-corrected chi connectivity index (χ2v) is 5.95. The lowest BCUT2D eigenvalue weighted by Crippen LogP contribution is -2.21. The molecule has 0 aliphatic rings. The standard InChI is InChI=1S/C15H20BrN3/c1-12(2)9-17-10-14-7-8-18-19(14)11-13-5-3-4-6-15(13)16/h3-8,12,17H,9-11H2,1-2H3. The molecule has 0 amide bonds. The summed E-state index contributed by atoms with van der Waals surface area (Å²) in [4.78, 5) is 0. The van der Waals surface area contributed by atoms with E-state index in [1.54, 1.807) is 0 Å². The highest BCUT2D eigenvalue weighted by molar-refractivity contribution is 9.10. The SMILES string of the molecule is CC(C)CNCc1ccnn1Cc1ccccc1Br. The lowest BCUT2D eigenvalue weighted by molar-refractivity contribution is 0.529. The summed E-state index contributed by atoms with van der Waals surface area (Å²) in [7, 11) is 0. The van der Waals surface area contributed by atoms with Crippen LogP contribution in [0.5, 0.6) is 0 Å². The first-order valence-corrected chi connectivity index (χ1v) is 7.41. The van der Waals surface area contributed by atoms with Gasteiger partial charge in [-0.3, -0.25) is 4.68 Å². The molecule has 0 fully saturated rings. The molecule has 2 aromatic rings. The van der Waals surface area contributed by atoms with Crippen LogP contribution in [0.4, 0.5) is 0 Å². The van der Waals surface area contributed by atoms with Gasteiger partial charge < -0.3 is 5.32 Å². The number of nitrogens with zero attached hydrogens (tertiary/aromatic N) is 2. The van der Waals surface area contributed by atoms with Gasteiger partial charge in [-0.1, -0.05) is 48.0 Å². The van der Waals surface area contributed by atoms with Crippen molar-refractivity contribution >= 4 is 15.9 Å². The van der Waals surface area contributed by atoms with E-state index in [4.69, 9.17) is 0 Å². The number of rotatable bonds is 6. The van der Waals surface area contributed by atoms with Crippen LogP contribution in [0.15, 0.2) is 41.0 Å².